The molecule has 0 aliphatic rings. The van der Waals surface area contributed by atoms with Crippen molar-refractivity contribution in [2.24, 2.45) is 0 Å². The topological polar surface area (TPSA) is 33.1 Å². The van der Waals surface area contributed by atoms with Gasteiger partial charge in [0.1, 0.15) is 5.15 Å². The Morgan fingerprint density at radius 3 is 2.87 bits per heavy atom. The van der Waals surface area contributed by atoms with Gasteiger partial charge in [-0.2, -0.15) is 0 Å². The van der Waals surface area contributed by atoms with Gasteiger partial charge in [-0.05, 0) is 24.6 Å². The van der Waals surface area contributed by atoms with E-state index in [-0.39, 0.29) is 0 Å². The van der Waals surface area contributed by atoms with Crippen molar-refractivity contribution in [3.05, 3.63) is 41.0 Å². The number of aromatic nitrogens is 1. The number of hydrogen-bond acceptors (Lipinski definition) is 2. The Labute approximate surface area is 93.5 Å². The fraction of sp³-hybridized carbons (Fsp3) is 0.250. The monoisotopic (exact) mass is 221 g/mol. The zero-order chi connectivity index (χ0) is 10.8. The van der Waals surface area contributed by atoms with Crippen LogP contribution >= 0.6 is 11.6 Å². The van der Waals surface area contributed by atoms with Crippen molar-refractivity contribution in [3.63, 3.8) is 0 Å². The van der Waals surface area contributed by atoms with Crippen molar-refractivity contribution in [1.82, 2.24) is 4.98 Å². The number of fused-ring (bicyclic) bond motifs is 1. The molecular weight excluding hydrogens is 210 g/mol. The summed E-state index contributed by atoms with van der Waals surface area (Å²) in [6, 6.07) is 9.79. The fourth-order valence-electron chi connectivity index (χ4n) is 1.60. The molecule has 0 aliphatic carbocycles. The summed E-state index contributed by atoms with van der Waals surface area (Å²) in [5, 5.41) is 10.9. The quantitative estimate of drug-likeness (QED) is 0.792. The predicted octanol–water partition coefficient (Wildman–Crippen LogP) is 2.81. The molecule has 0 fully saturated rings. The second-order valence-electron chi connectivity index (χ2n) is 3.68. The van der Waals surface area contributed by atoms with Crippen LogP contribution in [0.15, 0.2) is 30.3 Å². The molecule has 0 radical (unpaired) electrons. The molecule has 0 spiro atoms. The Morgan fingerprint density at radius 2 is 2.13 bits per heavy atom. The molecule has 2 rings (SSSR count). The van der Waals surface area contributed by atoms with Crippen molar-refractivity contribution in [2.75, 3.05) is 0 Å². The molecule has 3 heteroatoms. The average molecular weight is 222 g/mol. The van der Waals surface area contributed by atoms with E-state index in [4.69, 9.17) is 11.6 Å². The molecule has 0 unspecified atom stereocenters. The molecule has 0 bridgehead atoms. The Kier molecular flexibility index (Phi) is 2.89. The van der Waals surface area contributed by atoms with E-state index in [0.717, 1.165) is 16.5 Å². The molecule has 1 atom stereocenters. The minimum absolute atomic E-state index is 0.398. The molecule has 1 N–H and O–H groups in total. The summed E-state index contributed by atoms with van der Waals surface area (Å²) in [6.45, 7) is 1.74. The Morgan fingerprint density at radius 1 is 1.40 bits per heavy atom. The number of para-hydroxylation sites is 1. The summed E-state index contributed by atoms with van der Waals surface area (Å²) < 4.78 is 0. The Bertz CT molecular complexity index is 482. The van der Waals surface area contributed by atoms with Gasteiger partial charge in [-0.15, -0.1) is 0 Å². The van der Waals surface area contributed by atoms with Crippen LogP contribution in [-0.4, -0.2) is 16.2 Å². The number of aliphatic hydroxyl groups excluding tert-OH is 1. The van der Waals surface area contributed by atoms with Crippen LogP contribution in [0.5, 0.6) is 0 Å². The third kappa shape index (κ3) is 2.28. The first-order chi connectivity index (χ1) is 7.16. The molecule has 1 aromatic carbocycles. The molecule has 0 amide bonds. The van der Waals surface area contributed by atoms with Crippen molar-refractivity contribution in [2.45, 2.75) is 19.4 Å². The van der Waals surface area contributed by atoms with Gasteiger partial charge in [0.05, 0.1) is 11.6 Å². The van der Waals surface area contributed by atoms with Crippen LogP contribution in [0.3, 0.4) is 0 Å². The van der Waals surface area contributed by atoms with Gasteiger partial charge in [0.2, 0.25) is 0 Å². The minimum atomic E-state index is -0.398. The van der Waals surface area contributed by atoms with E-state index in [1.165, 1.54) is 0 Å². The number of pyridine rings is 1. The average Bonchev–Trinajstić information content (AvgIpc) is 2.18. The highest BCUT2D eigenvalue weighted by atomic mass is 35.5. The number of aliphatic hydroxyl groups is 1. The van der Waals surface area contributed by atoms with Crippen LogP contribution in [0.4, 0.5) is 0 Å². The summed E-state index contributed by atoms with van der Waals surface area (Å²) in [5.74, 6) is 0. The highest BCUT2D eigenvalue weighted by Crippen LogP contribution is 2.21. The third-order valence-corrected chi connectivity index (χ3v) is 2.59. The third-order valence-electron chi connectivity index (χ3n) is 2.27. The molecule has 15 heavy (non-hydrogen) atoms. The highest BCUT2D eigenvalue weighted by molar-refractivity contribution is 6.30. The van der Waals surface area contributed by atoms with Gasteiger partial charge in [-0.3, -0.25) is 0 Å². The van der Waals surface area contributed by atoms with Gasteiger partial charge < -0.3 is 5.11 Å². The van der Waals surface area contributed by atoms with Crippen molar-refractivity contribution >= 4 is 22.5 Å². The molecular formula is C12H12ClNO. The lowest BCUT2D eigenvalue weighted by atomic mass is 10.1. The lowest BCUT2D eigenvalue weighted by Crippen LogP contribution is -2.05. The van der Waals surface area contributed by atoms with Crippen LogP contribution in [0.1, 0.15) is 12.5 Å². The lowest BCUT2D eigenvalue weighted by Gasteiger charge is -2.07. The van der Waals surface area contributed by atoms with Crippen molar-refractivity contribution in [3.8, 4) is 0 Å². The molecule has 1 heterocycles. The van der Waals surface area contributed by atoms with Gasteiger partial charge in [0.15, 0.2) is 0 Å². The number of hydrogen-bond donors (Lipinski definition) is 1. The zero-order valence-electron chi connectivity index (χ0n) is 8.44. The fourth-order valence-corrected chi connectivity index (χ4v) is 1.82. The highest BCUT2D eigenvalue weighted by Gasteiger charge is 2.06. The first-order valence-corrected chi connectivity index (χ1v) is 5.27. The van der Waals surface area contributed by atoms with Crippen LogP contribution in [0.25, 0.3) is 10.9 Å². The lowest BCUT2D eigenvalue weighted by molar-refractivity contribution is 0.195. The van der Waals surface area contributed by atoms with E-state index in [1.54, 1.807) is 6.92 Å². The Hall–Kier alpha value is -1.12. The summed E-state index contributed by atoms with van der Waals surface area (Å²) >= 11 is 6.03. The van der Waals surface area contributed by atoms with Crippen LogP contribution < -0.4 is 0 Å². The van der Waals surface area contributed by atoms with Crippen LogP contribution in [0.2, 0.25) is 5.15 Å². The van der Waals surface area contributed by atoms with E-state index in [9.17, 15) is 5.11 Å². The van der Waals surface area contributed by atoms with Gasteiger partial charge in [0, 0.05) is 11.8 Å². The van der Waals surface area contributed by atoms with E-state index >= 15 is 0 Å². The van der Waals surface area contributed by atoms with Gasteiger partial charge >= 0.3 is 0 Å². The number of rotatable bonds is 2. The van der Waals surface area contributed by atoms with E-state index in [1.807, 2.05) is 30.3 Å². The summed E-state index contributed by atoms with van der Waals surface area (Å²) in [5.41, 5.74) is 1.78. The van der Waals surface area contributed by atoms with Crippen molar-refractivity contribution in [1.29, 1.82) is 0 Å². The van der Waals surface area contributed by atoms with E-state index in [2.05, 4.69) is 4.98 Å². The molecule has 78 valence electrons. The Balaban J connectivity index is 2.52. The summed E-state index contributed by atoms with van der Waals surface area (Å²) in [4.78, 5) is 4.28. The normalized spacial score (nSPS) is 13.0. The largest absolute Gasteiger partial charge is 0.393 e. The van der Waals surface area contributed by atoms with Gasteiger partial charge in [-0.25, -0.2) is 4.98 Å². The first-order valence-electron chi connectivity index (χ1n) is 4.89. The summed E-state index contributed by atoms with van der Waals surface area (Å²) in [7, 11) is 0. The number of benzene rings is 1. The second kappa shape index (κ2) is 4.17. The van der Waals surface area contributed by atoms with Crippen LogP contribution in [-0.2, 0) is 6.42 Å². The van der Waals surface area contributed by atoms with Crippen molar-refractivity contribution < 1.29 is 5.11 Å². The maximum atomic E-state index is 9.32. The van der Waals surface area contributed by atoms with E-state index < -0.39 is 6.10 Å². The summed E-state index contributed by atoms with van der Waals surface area (Å²) in [6.07, 6.45) is 0.141. The molecule has 0 saturated carbocycles. The number of halogens is 1. The van der Waals surface area contributed by atoms with Gasteiger partial charge in [-0.1, -0.05) is 29.8 Å². The molecule has 2 aromatic rings. The molecule has 0 saturated heterocycles. The number of nitrogens with zero attached hydrogens (tertiary/aromatic N) is 1. The SMILES string of the molecule is C[C@@H](O)Cc1cc2ccccc2nc1Cl. The standard InChI is InChI=1S/C12H12ClNO/c1-8(15)6-10-7-9-4-2-3-5-11(9)14-12(10)13/h2-5,7-8,15H,6H2,1H3/t8-/m1/s1. The van der Waals surface area contributed by atoms with Gasteiger partial charge in [0.25, 0.3) is 0 Å². The maximum Gasteiger partial charge on any atom is 0.133 e. The smallest absolute Gasteiger partial charge is 0.133 e. The second-order valence-corrected chi connectivity index (χ2v) is 4.04. The molecule has 0 aliphatic heterocycles. The molecule has 1 aromatic heterocycles. The zero-order valence-corrected chi connectivity index (χ0v) is 9.20. The predicted molar refractivity (Wildman–Crippen MR) is 62.1 cm³/mol. The van der Waals surface area contributed by atoms with E-state index in [0.29, 0.717) is 11.6 Å². The maximum absolute atomic E-state index is 9.32. The first kappa shape index (κ1) is 10.4. The molecule has 2 nitrogen and oxygen atoms in total. The van der Waals surface area contributed by atoms with Crippen LogP contribution in [0, 0.1) is 0 Å². The minimum Gasteiger partial charge on any atom is -0.393 e.